The molecule has 1 saturated carbocycles. The van der Waals surface area contributed by atoms with Crippen molar-refractivity contribution in [2.45, 2.75) is 52.9 Å². The molecule has 0 bridgehead atoms. The zero-order valence-electron chi connectivity index (χ0n) is 9.73. The predicted octanol–water partition coefficient (Wildman–Crippen LogP) is 2.73. The van der Waals surface area contributed by atoms with Crippen LogP contribution in [-0.4, -0.2) is 12.5 Å². The third kappa shape index (κ3) is 2.73. The smallest absolute Gasteiger partial charge is 0.223 e. The van der Waals surface area contributed by atoms with Crippen molar-refractivity contribution in [3.63, 3.8) is 0 Å². The molecule has 0 spiro atoms. The number of carbonyl (C=O) groups excluding carboxylic acids is 1. The van der Waals surface area contributed by atoms with Crippen molar-refractivity contribution in [3.8, 4) is 0 Å². The molecule has 14 heavy (non-hydrogen) atoms. The second-order valence-corrected chi connectivity index (χ2v) is 5.08. The minimum Gasteiger partial charge on any atom is -0.356 e. The standard InChI is InChI=1S/C12H23NO/c1-4-9-13-11(14)10-7-5-6-8-12(10,2)3/h10H,4-9H2,1-3H3,(H,13,14). The molecule has 0 heterocycles. The molecule has 0 saturated heterocycles. The molecule has 2 heteroatoms. The van der Waals surface area contributed by atoms with Crippen molar-refractivity contribution >= 4 is 5.91 Å². The van der Waals surface area contributed by atoms with Gasteiger partial charge in [-0.15, -0.1) is 0 Å². The second kappa shape index (κ2) is 4.81. The highest BCUT2D eigenvalue weighted by molar-refractivity contribution is 5.79. The van der Waals surface area contributed by atoms with Gasteiger partial charge in [-0.25, -0.2) is 0 Å². The fraction of sp³-hybridized carbons (Fsp3) is 0.917. The Balaban J connectivity index is 2.51. The second-order valence-electron chi connectivity index (χ2n) is 5.08. The van der Waals surface area contributed by atoms with Gasteiger partial charge in [-0.3, -0.25) is 4.79 Å². The molecular weight excluding hydrogens is 174 g/mol. The summed E-state index contributed by atoms with van der Waals surface area (Å²) in [6.07, 6.45) is 5.79. The molecule has 1 aliphatic rings. The molecule has 0 aliphatic heterocycles. The summed E-state index contributed by atoms with van der Waals surface area (Å²) in [5.41, 5.74) is 0.204. The summed E-state index contributed by atoms with van der Waals surface area (Å²) >= 11 is 0. The van der Waals surface area contributed by atoms with Crippen LogP contribution < -0.4 is 5.32 Å². The van der Waals surface area contributed by atoms with Crippen molar-refractivity contribution in [1.29, 1.82) is 0 Å². The first kappa shape index (κ1) is 11.5. The van der Waals surface area contributed by atoms with Crippen LogP contribution in [0.15, 0.2) is 0 Å². The quantitative estimate of drug-likeness (QED) is 0.740. The van der Waals surface area contributed by atoms with Gasteiger partial charge >= 0.3 is 0 Å². The molecule has 82 valence electrons. The van der Waals surface area contributed by atoms with E-state index in [9.17, 15) is 4.79 Å². The van der Waals surface area contributed by atoms with Gasteiger partial charge in [-0.2, -0.15) is 0 Å². The molecule has 1 fully saturated rings. The fourth-order valence-corrected chi connectivity index (χ4v) is 2.35. The highest BCUT2D eigenvalue weighted by Gasteiger charge is 2.36. The van der Waals surface area contributed by atoms with E-state index in [0.29, 0.717) is 0 Å². The van der Waals surface area contributed by atoms with Gasteiger partial charge < -0.3 is 5.32 Å². The summed E-state index contributed by atoms with van der Waals surface area (Å²) in [6.45, 7) is 7.36. The van der Waals surface area contributed by atoms with Crippen LogP contribution in [0.1, 0.15) is 52.9 Å². The zero-order valence-corrected chi connectivity index (χ0v) is 9.73. The van der Waals surface area contributed by atoms with E-state index in [2.05, 4.69) is 26.1 Å². The lowest BCUT2D eigenvalue weighted by molar-refractivity contribution is -0.130. The maximum absolute atomic E-state index is 11.9. The highest BCUT2D eigenvalue weighted by atomic mass is 16.1. The zero-order chi connectivity index (χ0) is 10.6. The summed E-state index contributed by atoms with van der Waals surface area (Å²) in [6, 6.07) is 0. The number of rotatable bonds is 3. The van der Waals surface area contributed by atoms with Crippen LogP contribution >= 0.6 is 0 Å². The Morgan fingerprint density at radius 2 is 2.14 bits per heavy atom. The van der Waals surface area contributed by atoms with Gasteiger partial charge in [0.25, 0.3) is 0 Å². The van der Waals surface area contributed by atoms with Crippen molar-refractivity contribution in [3.05, 3.63) is 0 Å². The Morgan fingerprint density at radius 3 is 2.71 bits per heavy atom. The molecule has 0 aromatic heterocycles. The van der Waals surface area contributed by atoms with E-state index in [1.807, 2.05) is 0 Å². The lowest BCUT2D eigenvalue weighted by atomic mass is 9.68. The van der Waals surface area contributed by atoms with E-state index in [1.165, 1.54) is 19.3 Å². The van der Waals surface area contributed by atoms with E-state index < -0.39 is 0 Å². The van der Waals surface area contributed by atoms with Crippen molar-refractivity contribution in [2.24, 2.45) is 11.3 Å². The third-order valence-corrected chi connectivity index (χ3v) is 3.37. The van der Waals surface area contributed by atoms with Gasteiger partial charge in [-0.05, 0) is 24.7 Å². The molecule has 1 amide bonds. The van der Waals surface area contributed by atoms with Gasteiger partial charge in [0.05, 0.1) is 0 Å². The fourth-order valence-electron chi connectivity index (χ4n) is 2.35. The third-order valence-electron chi connectivity index (χ3n) is 3.37. The molecule has 1 aliphatic carbocycles. The van der Waals surface area contributed by atoms with Crippen LogP contribution in [0.2, 0.25) is 0 Å². The number of hydrogen-bond donors (Lipinski definition) is 1. The molecule has 2 nitrogen and oxygen atoms in total. The van der Waals surface area contributed by atoms with Gasteiger partial charge in [-0.1, -0.05) is 33.6 Å². The summed E-state index contributed by atoms with van der Waals surface area (Å²) in [7, 11) is 0. The molecule has 0 radical (unpaired) electrons. The minimum atomic E-state index is 0.204. The van der Waals surface area contributed by atoms with Crippen LogP contribution in [0.5, 0.6) is 0 Å². The normalized spacial score (nSPS) is 25.8. The lowest BCUT2D eigenvalue weighted by Crippen LogP contribution is -2.41. The highest BCUT2D eigenvalue weighted by Crippen LogP contribution is 2.40. The molecule has 1 rings (SSSR count). The first-order chi connectivity index (χ1) is 6.58. The Hall–Kier alpha value is -0.530. The van der Waals surface area contributed by atoms with E-state index in [-0.39, 0.29) is 17.2 Å². The van der Waals surface area contributed by atoms with E-state index in [0.717, 1.165) is 19.4 Å². The van der Waals surface area contributed by atoms with Gasteiger partial charge in [0.2, 0.25) is 5.91 Å². The topological polar surface area (TPSA) is 29.1 Å². The lowest BCUT2D eigenvalue weighted by Gasteiger charge is -2.37. The Morgan fingerprint density at radius 1 is 1.43 bits per heavy atom. The van der Waals surface area contributed by atoms with Crippen LogP contribution in [0.25, 0.3) is 0 Å². The van der Waals surface area contributed by atoms with Crippen molar-refractivity contribution in [2.75, 3.05) is 6.54 Å². The molecule has 1 atom stereocenters. The van der Waals surface area contributed by atoms with Gasteiger partial charge in [0.1, 0.15) is 0 Å². The maximum Gasteiger partial charge on any atom is 0.223 e. The van der Waals surface area contributed by atoms with Gasteiger partial charge in [0.15, 0.2) is 0 Å². The van der Waals surface area contributed by atoms with E-state index in [1.54, 1.807) is 0 Å². The van der Waals surface area contributed by atoms with Gasteiger partial charge in [0, 0.05) is 12.5 Å². The maximum atomic E-state index is 11.9. The number of amides is 1. The largest absolute Gasteiger partial charge is 0.356 e. The van der Waals surface area contributed by atoms with Crippen molar-refractivity contribution in [1.82, 2.24) is 5.32 Å². The average molecular weight is 197 g/mol. The van der Waals surface area contributed by atoms with E-state index in [4.69, 9.17) is 0 Å². The summed E-state index contributed by atoms with van der Waals surface area (Å²) in [5.74, 6) is 0.513. The predicted molar refractivity (Wildman–Crippen MR) is 59.0 cm³/mol. The SMILES string of the molecule is CCCNC(=O)C1CCCCC1(C)C. The summed E-state index contributed by atoms with van der Waals surface area (Å²) in [5, 5.41) is 3.02. The summed E-state index contributed by atoms with van der Waals surface area (Å²) in [4.78, 5) is 11.9. The van der Waals surface area contributed by atoms with Crippen LogP contribution in [-0.2, 0) is 4.79 Å². The Kier molecular flexibility index (Phi) is 3.97. The molecular formula is C12H23NO. The van der Waals surface area contributed by atoms with Crippen molar-refractivity contribution < 1.29 is 4.79 Å². The monoisotopic (exact) mass is 197 g/mol. The molecule has 1 N–H and O–H groups in total. The van der Waals surface area contributed by atoms with Crippen LogP contribution in [0, 0.1) is 11.3 Å². The molecule has 1 unspecified atom stereocenters. The van der Waals surface area contributed by atoms with Crippen LogP contribution in [0.3, 0.4) is 0 Å². The number of hydrogen-bond acceptors (Lipinski definition) is 1. The van der Waals surface area contributed by atoms with Crippen LogP contribution in [0.4, 0.5) is 0 Å². The first-order valence-electron chi connectivity index (χ1n) is 5.85. The minimum absolute atomic E-state index is 0.204. The number of carbonyl (C=O) groups is 1. The first-order valence-corrected chi connectivity index (χ1v) is 5.85. The number of nitrogens with one attached hydrogen (secondary N) is 1. The summed E-state index contributed by atoms with van der Waals surface area (Å²) < 4.78 is 0. The Labute approximate surface area is 87.5 Å². The average Bonchev–Trinajstić information content (AvgIpc) is 2.13. The van der Waals surface area contributed by atoms with E-state index >= 15 is 0 Å². The Bertz CT molecular complexity index is 198. The molecule has 0 aromatic carbocycles. The molecule has 0 aromatic rings.